The van der Waals surface area contributed by atoms with Crippen LogP contribution in [-0.4, -0.2) is 47.5 Å². The molecule has 0 aromatic carbocycles. The molecule has 4 heterocycles. The topological polar surface area (TPSA) is 85.4 Å². The molecule has 8 nitrogen and oxygen atoms in total. The molecule has 1 saturated heterocycles. The second-order valence-electron chi connectivity index (χ2n) is 9.52. The number of anilines is 1. The fraction of sp³-hybridized carbons (Fsp3) is 0.500. The quantitative estimate of drug-likeness (QED) is 0.543. The van der Waals surface area contributed by atoms with Crippen LogP contribution in [0.3, 0.4) is 0 Å². The number of ether oxygens (including phenoxy) is 1. The second-order valence-corrected chi connectivity index (χ2v) is 9.52. The minimum Gasteiger partial charge on any atom is -0.495 e. The van der Waals surface area contributed by atoms with Crippen molar-refractivity contribution in [1.82, 2.24) is 20.0 Å². The molecule has 8 heteroatoms. The average Bonchev–Trinajstić information content (AvgIpc) is 3.33. The minimum absolute atomic E-state index is 0.0458. The summed E-state index contributed by atoms with van der Waals surface area (Å²) in [7, 11) is 1.60. The molecule has 180 valence electrons. The monoisotopic (exact) mass is 463 g/mol. The summed E-state index contributed by atoms with van der Waals surface area (Å²) in [4.78, 5) is 19.5. The van der Waals surface area contributed by atoms with Gasteiger partial charge in [-0.05, 0) is 57.2 Å². The van der Waals surface area contributed by atoms with Crippen molar-refractivity contribution in [3.05, 3.63) is 59.0 Å². The molecule has 0 radical (unpaired) electrons. The highest BCUT2D eigenvalue weighted by Crippen LogP contribution is 2.27. The molecule has 0 spiro atoms. The lowest BCUT2D eigenvalue weighted by molar-refractivity contribution is 0.280. The van der Waals surface area contributed by atoms with E-state index >= 15 is 0 Å². The Morgan fingerprint density at radius 3 is 2.85 bits per heavy atom. The van der Waals surface area contributed by atoms with Gasteiger partial charge in [-0.1, -0.05) is 11.6 Å². The van der Waals surface area contributed by atoms with Crippen LogP contribution in [0.1, 0.15) is 50.8 Å². The summed E-state index contributed by atoms with van der Waals surface area (Å²) in [5.74, 6) is 2.13. The van der Waals surface area contributed by atoms with Crippen molar-refractivity contribution in [3.8, 4) is 17.0 Å². The van der Waals surface area contributed by atoms with E-state index in [1.165, 1.54) is 25.7 Å². The maximum Gasteiger partial charge on any atom is 0.253 e. The lowest BCUT2D eigenvalue weighted by atomic mass is 9.85. The van der Waals surface area contributed by atoms with Crippen molar-refractivity contribution in [2.45, 2.75) is 51.1 Å². The molecule has 1 N–H and O–H groups in total. The van der Waals surface area contributed by atoms with Crippen molar-refractivity contribution >= 4 is 5.69 Å². The molecule has 2 aliphatic rings. The van der Waals surface area contributed by atoms with E-state index in [4.69, 9.17) is 9.26 Å². The highest BCUT2D eigenvalue weighted by Gasteiger charge is 2.24. The van der Waals surface area contributed by atoms with Gasteiger partial charge in [-0.3, -0.25) is 9.78 Å². The normalized spacial score (nSPS) is 19.6. The van der Waals surface area contributed by atoms with Crippen LogP contribution < -0.4 is 20.5 Å². The summed E-state index contributed by atoms with van der Waals surface area (Å²) in [6.07, 6.45) is 11.7. The molecule has 1 unspecified atom stereocenters. The molecule has 3 aromatic rings. The van der Waals surface area contributed by atoms with Crippen molar-refractivity contribution < 1.29 is 9.26 Å². The zero-order valence-electron chi connectivity index (χ0n) is 19.9. The van der Waals surface area contributed by atoms with Crippen LogP contribution >= 0.6 is 0 Å². The summed E-state index contributed by atoms with van der Waals surface area (Å²) < 4.78 is 12.5. The number of hydrogen-bond donors (Lipinski definition) is 1. The smallest absolute Gasteiger partial charge is 0.253 e. The third-order valence-electron chi connectivity index (χ3n) is 7.24. The molecule has 1 aliphatic heterocycles. The Morgan fingerprint density at radius 1 is 1.21 bits per heavy atom. The van der Waals surface area contributed by atoms with Gasteiger partial charge < -0.3 is 24.0 Å². The number of aromatic nitrogens is 3. The first-order valence-electron chi connectivity index (χ1n) is 12.3. The number of rotatable bonds is 8. The Kier molecular flexibility index (Phi) is 6.67. The number of nitrogens with one attached hydrogen (secondary N) is 1. The summed E-state index contributed by atoms with van der Waals surface area (Å²) in [5, 5.41) is 7.93. The van der Waals surface area contributed by atoms with Crippen LogP contribution in [0.5, 0.6) is 5.75 Å². The maximum absolute atomic E-state index is 13.0. The van der Waals surface area contributed by atoms with Gasteiger partial charge in [0.05, 0.1) is 19.3 Å². The zero-order valence-corrected chi connectivity index (χ0v) is 19.9. The van der Waals surface area contributed by atoms with Gasteiger partial charge in [-0.15, -0.1) is 0 Å². The third kappa shape index (κ3) is 4.87. The van der Waals surface area contributed by atoms with Gasteiger partial charge >= 0.3 is 0 Å². The molecule has 34 heavy (non-hydrogen) atoms. The van der Waals surface area contributed by atoms with E-state index in [0.717, 1.165) is 43.2 Å². The molecule has 1 saturated carbocycles. The average molecular weight is 464 g/mol. The van der Waals surface area contributed by atoms with E-state index < -0.39 is 0 Å². The van der Waals surface area contributed by atoms with Gasteiger partial charge in [-0.25, -0.2) is 0 Å². The highest BCUT2D eigenvalue weighted by atomic mass is 16.5. The summed E-state index contributed by atoms with van der Waals surface area (Å²) in [6, 6.07) is 7.70. The van der Waals surface area contributed by atoms with E-state index in [1.54, 1.807) is 30.1 Å². The zero-order chi connectivity index (χ0) is 23.5. The maximum atomic E-state index is 13.0. The van der Waals surface area contributed by atoms with Crippen LogP contribution in [0.4, 0.5) is 5.69 Å². The van der Waals surface area contributed by atoms with E-state index in [2.05, 4.69) is 20.4 Å². The molecule has 2 fully saturated rings. The number of methoxy groups -OCH3 is 1. The number of pyridine rings is 2. The van der Waals surface area contributed by atoms with Crippen molar-refractivity contribution in [1.29, 1.82) is 0 Å². The summed E-state index contributed by atoms with van der Waals surface area (Å²) >= 11 is 0. The molecule has 0 bridgehead atoms. The van der Waals surface area contributed by atoms with E-state index in [9.17, 15) is 4.79 Å². The van der Waals surface area contributed by atoms with Gasteiger partial charge in [0, 0.05) is 54.9 Å². The summed E-state index contributed by atoms with van der Waals surface area (Å²) in [5.41, 5.74) is 2.40. The van der Waals surface area contributed by atoms with Crippen molar-refractivity contribution in [2.24, 2.45) is 5.92 Å². The fourth-order valence-corrected chi connectivity index (χ4v) is 4.83. The third-order valence-corrected chi connectivity index (χ3v) is 7.24. The number of nitrogens with zero attached hydrogens (tertiary/aromatic N) is 4. The van der Waals surface area contributed by atoms with Crippen LogP contribution in [0.25, 0.3) is 11.3 Å². The number of hydrogen-bond acceptors (Lipinski definition) is 7. The van der Waals surface area contributed by atoms with Gasteiger partial charge in [-0.2, -0.15) is 0 Å². The van der Waals surface area contributed by atoms with E-state index in [0.29, 0.717) is 23.2 Å². The van der Waals surface area contributed by atoms with Crippen LogP contribution in [-0.2, 0) is 0 Å². The predicted octanol–water partition coefficient (Wildman–Crippen LogP) is 3.87. The molecular weight excluding hydrogens is 430 g/mol. The van der Waals surface area contributed by atoms with E-state index in [1.807, 2.05) is 31.3 Å². The Bertz CT molecular complexity index is 1170. The lowest BCUT2D eigenvalue weighted by Gasteiger charge is -2.36. The van der Waals surface area contributed by atoms with E-state index in [-0.39, 0.29) is 11.6 Å². The second kappa shape index (κ2) is 10.0. The van der Waals surface area contributed by atoms with Crippen molar-refractivity contribution in [2.75, 3.05) is 31.6 Å². The molecule has 0 amide bonds. The largest absolute Gasteiger partial charge is 0.495 e. The first-order valence-corrected chi connectivity index (χ1v) is 12.3. The van der Waals surface area contributed by atoms with Crippen molar-refractivity contribution in [3.63, 3.8) is 0 Å². The molecule has 5 rings (SSSR count). The Morgan fingerprint density at radius 2 is 2.09 bits per heavy atom. The van der Waals surface area contributed by atoms with Gasteiger partial charge in [0.15, 0.2) is 5.76 Å². The first kappa shape index (κ1) is 22.7. The molecule has 1 aliphatic carbocycles. The fourth-order valence-electron chi connectivity index (χ4n) is 4.83. The summed E-state index contributed by atoms with van der Waals surface area (Å²) in [6.45, 7) is 5.01. The lowest BCUT2D eigenvalue weighted by Crippen LogP contribution is -2.47. The molecule has 2 atom stereocenters. The predicted molar refractivity (Wildman–Crippen MR) is 131 cm³/mol. The SMILES string of the molecule is COc1cncc(-c2cc(C(C)n3ccc(N4CCC[C@@H](NCC5CCC5)C4)cc3=O)on2)c1. The Hall–Kier alpha value is -3.13. The molecule has 3 aromatic heterocycles. The van der Waals surface area contributed by atoms with Crippen LogP contribution in [0, 0.1) is 5.92 Å². The first-order chi connectivity index (χ1) is 16.6. The van der Waals surface area contributed by atoms with Crippen LogP contribution in [0.2, 0.25) is 0 Å². The standard InChI is InChI=1S/C26H33N5O3/c1-18(25-13-24(29-34-25)20-11-23(33-2)16-27-15-20)31-10-8-22(12-26(31)32)30-9-4-7-21(17-30)28-14-19-5-3-6-19/h8,10-13,15-16,18-19,21,28H,3-7,9,14,17H2,1-2H3/t18?,21-/m1/s1. The van der Waals surface area contributed by atoms with Crippen LogP contribution in [0.15, 0.2) is 52.2 Å². The minimum atomic E-state index is -0.278. The number of piperidine rings is 1. The van der Waals surface area contributed by atoms with Gasteiger partial charge in [0.1, 0.15) is 11.4 Å². The van der Waals surface area contributed by atoms with Gasteiger partial charge in [0.2, 0.25) is 0 Å². The van der Waals surface area contributed by atoms with Gasteiger partial charge in [0.25, 0.3) is 5.56 Å². The Balaban J connectivity index is 1.27. The highest BCUT2D eigenvalue weighted by molar-refractivity contribution is 5.59. The Labute approximate surface area is 199 Å². The molecular formula is C26H33N5O3.